The molecular weight excluding hydrogens is 1050 g/mol. The number of amides is 1. The molecule has 1 saturated heterocycles. The van der Waals surface area contributed by atoms with Gasteiger partial charge >= 0.3 is 6.09 Å². The second-order valence-corrected chi connectivity index (χ2v) is 19.3. The van der Waals surface area contributed by atoms with Crippen molar-refractivity contribution < 1.29 is 52.0 Å². The fourth-order valence-corrected chi connectivity index (χ4v) is 7.92. The summed E-state index contributed by atoms with van der Waals surface area (Å²) in [6, 6.07) is 17.0. The second kappa shape index (κ2) is 29.2. The maximum atomic E-state index is 12.1. The number of benzene rings is 2. The molecule has 9 rings (SSSR count). The number of nitrogen functional groups attached to an aromatic ring is 1. The third-order valence-corrected chi connectivity index (χ3v) is 12.4. The van der Waals surface area contributed by atoms with Gasteiger partial charge in [0.1, 0.15) is 66.2 Å². The summed E-state index contributed by atoms with van der Waals surface area (Å²) in [5.41, 5.74) is 14.9. The van der Waals surface area contributed by atoms with E-state index in [2.05, 4.69) is 86.0 Å². The summed E-state index contributed by atoms with van der Waals surface area (Å²) >= 11 is 9.02. The van der Waals surface area contributed by atoms with Crippen LogP contribution in [0.3, 0.4) is 0 Å². The summed E-state index contributed by atoms with van der Waals surface area (Å²) < 4.78 is 10.7. The van der Waals surface area contributed by atoms with Crippen LogP contribution in [-0.4, -0.2) is 128 Å². The predicted octanol–water partition coefficient (Wildman–Crippen LogP) is 9.68. The number of nitrogens with one attached hydrogen (secondary N) is 4. The Morgan fingerprint density at radius 2 is 1.21 bits per heavy atom. The molecule has 1 aliphatic rings. The molecule has 8 aromatic rings. The molecule has 6 N–H and O–H groups in total. The molecule has 0 aliphatic carbocycles. The minimum atomic E-state index is -0.571. The number of aryl methyl sites for hydroxylation is 2. The Kier molecular flexibility index (Phi) is 22.6. The summed E-state index contributed by atoms with van der Waals surface area (Å²) in [6.07, 6.45) is 17.5. The SMILES string of the molecule is CSc1cc(-c2cncnc2Cl)ncn1.CSc1cc(-c2cncnc2Nc2cc(NC(=O)OC(C)(C)C)ccc2C)ncn1.Cc1ccc(N)cc1Nc1ncncc1-c1cc(NCCN2CCOCC2)ncn1.[Ar]. The number of hydrogen-bond acceptors (Lipinski definition) is 22. The van der Waals surface area contributed by atoms with Crippen LogP contribution in [0.15, 0.2) is 121 Å². The van der Waals surface area contributed by atoms with Crippen molar-refractivity contribution in [2.24, 2.45) is 0 Å². The van der Waals surface area contributed by atoms with Gasteiger partial charge in [-0.15, -0.1) is 23.5 Å². The Hall–Kier alpha value is -6.44. The van der Waals surface area contributed by atoms with Crippen LogP contribution in [0, 0.1) is 51.6 Å². The van der Waals surface area contributed by atoms with Crippen LogP contribution in [0.25, 0.3) is 33.8 Å². The molecule has 1 amide bonds. The van der Waals surface area contributed by atoms with Crippen molar-refractivity contribution >= 4 is 81.4 Å². The molecular formula is C51H57ArClN18O3S2. The maximum absolute atomic E-state index is 12.1. The number of halogens is 1. The van der Waals surface area contributed by atoms with E-state index in [9.17, 15) is 4.79 Å². The second-order valence-electron chi connectivity index (χ2n) is 17.3. The van der Waals surface area contributed by atoms with Crippen molar-refractivity contribution in [1.29, 1.82) is 0 Å². The van der Waals surface area contributed by atoms with Crippen LogP contribution in [-0.2, 0) is 9.47 Å². The molecule has 7 heterocycles. The van der Waals surface area contributed by atoms with Crippen LogP contribution in [0.1, 0.15) is 31.9 Å². The topological polar surface area (TPSA) is 268 Å². The fraction of sp³-hybridized carbons (Fsp3) is 0.275. The molecule has 6 aromatic heterocycles. The van der Waals surface area contributed by atoms with E-state index in [4.69, 9.17) is 26.8 Å². The molecule has 25 heteroatoms. The van der Waals surface area contributed by atoms with Crippen LogP contribution in [0.5, 0.6) is 0 Å². The van der Waals surface area contributed by atoms with E-state index in [1.165, 1.54) is 43.4 Å². The van der Waals surface area contributed by atoms with Crippen LogP contribution < -0.4 is 27.0 Å². The Bertz CT molecular complexity index is 3170. The number of hydrogen-bond donors (Lipinski definition) is 5. The largest absolute Gasteiger partial charge is 0.444 e. The number of thioether (sulfide) groups is 2. The number of nitrogens with two attached hydrogens (primary N) is 1. The van der Waals surface area contributed by atoms with Gasteiger partial charge in [0.15, 0.2) is 0 Å². The smallest absolute Gasteiger partial charge is 0.412 e. The van der Waals surface area contributed by atoms with Crippen LogP contribution >= 0.6 is 35.1 Å². The Labute approximate surface area is 484 Å². The molecule has 2 aromatic carbocycles. The van der Waals surface area contributed by atoms with E-state index >= 15 is 0 Å². The van der Waals surface area contributed by atoms with Crippen LogP contribution in [0.4, 0.5) is 45.0 Å². The molecule has 0 spiro atoms. The van der Waals surface area contributed by atoms with Crippen molar-refractivity contribution in [1.82, 2.24) is 64.7 Å². The minimum Gasteiger partial charge on any atom is -0.444 e. The molecule has 76 heavy (non-hydrogen) atoms. The van der Waals surface area contributed by atoms with Gasteiger partial charge in [0.2, 0.25) is 0 Å². The molecule has 0 unspecified atom stereocenters. The van der Waals surface area contributed by atoms with E-state index in [0.29, 0.717) is 28.2 Å². The zero-order valence-corrected chi connectivity index (χ0v) is 45.9. The normalized spacial score (nSPS) is 12.1. The number of ether oxygens (including phenoxy) is 2. The molecule has 0 saturated carbocycles. The number of carbonyl (C=O) groups excluding carboxylic acids is 1. The van der Waals surface area contributed by atoms with Crippen molar-refractivity contribution in [3.8, 4) is 33.8 Å². The summed E-state index contributed by atoms with van der Waals surface area (Å²) in [6.45, 7) is 14.7. The quantitative estimate of drug-likeness (QED) is 0.0385. The standard InChI is InChI=1S/C21H26N8O.C21H24N6O2S.C9H7ClN4S.Ar/c1-15-2-3-16(22)10-18(15)28-21-17(12-23-13-27-21)19-11-20(26-14-25-19)24-4-5-29-6-8-30-9-7-29;1-13-6-7-14(26-20(28)29-21(2,3)4)8-16(13)27-19-15(10-22-11-25-19)17-9-18(30-5)24-12-23-17;1-15-8-2-7(12-5-13-8)6-3-11-4-14-9(6)10;/h2-3,10-14H,4-9,22H2,1H3,(H,23,27,28)(H,24,25,26);6-12H,1-5H3,(H,26,28)(H,22,25,27);2-5H,1H3;. The first-order valence-corrected chi connectivity index (χ1v) is 26.2. The zero-order chi connectivity index (χ0) is 53.2. The number of morpholine rings is 1. The average molecular weight is 1110 g/mol. The van der Waals surface area contributed by atoms with Gasteiger partial charge in [0, 0.05) is 111 Å². The van der Waals surface area contributed by atoms with E-state index in [1.807, 2.05) is 102 Å². The summed E-state index contributed by atoms with van der Waals surface area (Å²) in [5.74, 6) is 2.04. The van der Waals surface area contributed by atoms with E-state index in [-0.39, 0.29) is 37.7 Å². The first-order chi connectivity index (χ1) is 36.2. The summed E-state index contributed by atoms with van der Waals surface area (Å²) in [4.78, 5) is 64.9. The van der Waals surface area contributed by atoms with Crippen LogP contribution in [0.2, 0.25) is 5.15 Å². The average Bonchev–Trinajstić information content (AvgIpc) is 3.41. The number of nitrogens with zero attached hydrogens (tertiary/aromatic N) is 13. The Balaban J connectivity index is 0.000000194. The van der Waals surface area contributed by atoms with Gasteiger partial charge < -0.3 is 31.2 Å². The molecule has 21 nitrogen and oxygen atoms in total. The number of aromatic nitrogens is 12. The molecule has 1 aliphatic heterocycles. The number of rotatable bonds is 14. The molecule has 0 bridgehead atoms. The molecule has 0 radical (unpaired) electrons. The van der Waals surface area contributed by atoms with Crippen molar-refractivity contribution in [2.75, 3.05) is 78.9 Å². The number of anilines is 7. The van der Waals surface area contributed by atoms with E-state index in [1.54, 1.807) is 36.7 Å². The van der Waals surface area contributed by atoms with E-state index < -0.39 is 11.7 Å². The summed E-state index contributed by atoms with van der Waals surface area (Å²) in [7, 11) is 0. The third-order valence-electron chi connectivity index (χ3n) is 10.8. The Morgan fingerprint density at radius 1 is 0.684 bits per heavy atom. The maximum Gasteiger partial charge on any atom is 0.412 e. The van der Waals surface area contributed by atoms with Gasteiger partial charge in [0.05, 0.1) is 57.0 Å². The summed E-state index contributed by atoms with van der Waals surface area (Å²) in [5, 5.41) is 15.0. The van der Waals surface area contributed by atoms with Gasteiger partial charge in [-0.2, -0.15) is 0 Å². The predicted molar refractivity (Wildman–Crippen MR) is 297 cm³/mol. The number of carbonyl (C=O) groups is 1. The molecule has 0 atom stereocenters. The van der Waals surface area contributed by atoms with Crippen molar-refractivity contribution in [2.45, 2.75) is 50.3 Å². The van der Waals surface area contributed by atoms with Gasteiger partial charge in [-0.25, -0.2) is 64.6 Å². The zero-order valence-electron chi connectivity index (χ0n) is 42.8. The minimum absolute atomic E-state index is 0. The van der Waals surface area contributed by atoms with Gasteiger partial charge in [-0.05, 0) is 94.7 Å². The monoisotopic (exact) mass is 1110 g/mol. The van der Waals surface area contributed by atoms with Gasteiger partial charge in [-0.1, -0.05) is 23.7 Å². The van der Waals surface area contributed by atoms with Gasteiger partial charge in [0.25, 0.3) is 0 Å². The molecule has 1 fully saturated rings. The fourth-order valence-electron chi connectivity index (χ4n) is 6.97. The molecule has 396 valence electrons. The Morgan fingerprint density at radius 3 is 1.79 bits per heavy atom. The third kappa shape index (κ3) is 17.8. The van der Waals surface area contributed by atoms with Gasteiger partial charge in [-0.3, -0.25) is 10.2 Å². The van der Waals surface area contributed by atoms with Crippen molar-refractivity contribution in [3.63, 3.8) is 0 Å². The first kappa shape index (κ1) is 58.8. The van der Waals surface area contributed by atoms with E-state index in [0.717, 1.165) is 112 Å². The van der Waals surface area contributed by atoms with Crippen molar-refractivity contribution in [3.05, 3.63) is 127 Å². The first-order valence-electron chi connectivity index (χ1n) is 23.4.